The van der Waals surface area contributed by atoms with Gasteiger partial charge in [0, 0.05) is 0 Å². The maximum absolute atomic E-state index is 9.87. The number of nitrogens with zero attached hydrogens (tertiary/aromatic N) is 2. The maximum Gasteiger partial charge on any atom is 0.180 e. The Morgan fingerprint density at radius 3 is 2.62 bits per heavy atom. The van der Waals surface area contributed by atoms with E-state index in [-0.39, 0.29) is 0 Å². The van der Waals surface area contributed by atoms with Gasteiger partial charge in [0.1, 0.15) is 0 Å². The Labute approximate surface area is 51.2 Å². The lowest BCUT2D eigenvalue weighted by Crippen LogP contribution is -1.97. The minimum Gasteiger partial charge on any atom is -0.295 e. The van der Waals surface area contributed by atoms with Crippen LogP contribution in [-0.2, 0) is 0 Å². The van der Waals surface area contributed by atoms with Gasteiger partial charge in [0.25, 0.3) is 0 Å². The average Bonchev–Trinajstić information content (AvgIpc) is 2.14. The molecule has 3 nitrogen and oxygen atoms in total. The molecule has 0 N–H and O–H groups in total. The minimum atomic E-state index is 0.322. The second kappa shape index (κ2) is 2.04. The van der Waals surface area contributed by atoms with Crippen LogP contribution in [-0.4, -0.2) is 24.3 Å². The van der Waals surface area contributed by atoms with E-state index in [9.17, 15) is 4.79 Å². The predicted octanol–water partition coefficient (Wildman–Crippen LogP) is -0.856. The smallest absolute Gasteiger partial charge is 0.180 e. The van der Waals surface area contributed by atoms with Crippen LogP contribution in [0.1, 0.15) is 9.80 Å². The third kappa shape index (κ3) is 0.922. The molecule has 0 unspecified atom stereocenters. The van der Waals surface area contributed by atoms with E-state index >= 15 is 0 Å². The van der Waals surface area contributed by atoms with Crippen LogP contribution in [0.3, 0.4) is 0 Å². The van der Waals surface area contributed by atoms with Crippen molar-refractivity contribution in [1.82, 2.24) is 10.2 Å². The van der Waals surface area contributed by atoms with Crippen LogP contribution in [0.4, 0.5) is 0 Å². The lowest BCUT2D eigenvalue weighted by molar-refractivity contribution is 0.112. The van der Waals surface area contributed by atoms with Gasteiger partial charge in [-0.25, -0.2) is 0 Å². The van der Waals surface area contributed by atoms with Gasteiger partial charge in [0.2, 0.25) is 0 Å². The second-order valence-electron chi connectivity index (χ2n) is 1.10. The topological polar surface area (TPSA) is 42.9 Å². The van der Waals surface area contributed by atoms with Crippen molar-refractivity contribution in [3.63, 3.8) is 0 Å². The van der Waals surface area contributed by atoms with Gasteiger partial charge in [-0.3, -0.25) is 4.79 Å². The van der Waals surface area contributed by atoms with Gasteiger partial charge in [-0.2, -0.15) is 5.10 Å². The molecule has 0 aliphatic heterocycles. The minimum absolute atomic E-state index is 0.322. The van der Waals surface area contributed by atoms with Gasteiger partial charge in [-0.15, -0.1) is 16.4 Å². The lowest BCUT2D eigenvalue weighted by atomic mass is 10.2. The summed E-state index contributed by atoms with van der Waals surface area (Å²) in [5, 5.41) is 7.13. The molecule has 0 aliphatic rings. The van der Waals surface area contributed by atoms with Crippen molar-refractivity contribution in [2.24, 2.45) is 0 Å². The molecule has 0 saturated carbocycles. The van der Waals surface area contributed by atoms with E-state index in [1.807, 2.05) is 0 Å². The number of aromatic nitrogens is 2. The summed E-state index contributed by atoms with van der Waals surface area (Å²) in [4.78, 5) is 10.2. The molecule has 0 amide bonds. The van der Waals surface area contributed by atoms with E-state index in [4.69, 9.17) is 7.85 Å². The van der Waals surface area contributed by atoms with Crippen molar-refractivity contribution in [3.8, 4) is 0 Å². The van der Waals surface area contributed by atoms with Crippen LogP contribution >= 0.6 is 11.3 Å². The molecule has 38 valence electrons. The highest BCUT2D eigenvalue weighted by Crippen LogP contribution is 1.90. The van der Waals surface area contributed by atoms with E-state index in [0.717, 1.165) is 11.3 Å². The molecule has 1 heterocycles. The van der Waals surface area contributed by atoms with Crippen LogP contribution < -0.4 is 4.91 Å². The summed E-state index contributed by atoms with van der Waals surface area (Å²) in [6.07, 6.45) is 0.619. The van der Waals surface area contributed by atoms with Gasteiger partial charge in [-0.1, -0.05) is 0 Å². The number of carbonyl (C=O) groups is 1. The molecular formula is C3HBN2OS. The summed E-state index contributed by atoms with van der Waals surface area (Å²) < 4.78 is 0. The van der Waals surface area contributed by atoms with E-state index in [1.54, 1.807) is 0 Å². The highest BCUT2D eigenvalue weighted by atomic mass is 32.1. The quantitative estimate of drug-likeness (QED) is 0.361. The lowest BCUT2D eigenvalue weighted by Gasteiger charge is -1.65. The Hall–Kier alpha value is -0.705. The SMILES string of the molecule is [B]c1nnc(C=O)s1. The zero-order valence-corrected chi connectivity index (χ0v) is 4.68. The van der Waals surface area contributed by atoms with E-state index in [2.05, 4.69) is 10.2 Å². The molecule has 0 aromatic carbocycles. The first-order chi connectivity index (χ1) is 3.83. The Morgan fingerprint density at radius 1 is 1.62 bits per heavy atom. The molecular weight excluding hydrogens is 123 g/mol. The van der Waals surface area contributed by atoms with Gasteiger partial charge in [0.15, 0.2) is 19.1 Å². The van der Waals surface area contributed by atoms with Gasteiger partial charge < -0.3 is 0 Å². The van der Waals surface area contributed by atoms with Crippen molar-refractivity contribution in [1.29, 1.82) is 0 Å². The third-order valence-electron chi connectivity index (χ3n) is 0.557. The van der Waals surface area contributed by atoms with Crippen LogP contribution in [0.25, 0.3) is 0 Å². The molecule has 0 fully saturated rings. The van der Waals surface area contributed by atoms with E-state index in [0.29, 0.717) is 16.2 Å². The first-order valence-corrected chi connectivity index (χ1v) is 2.69. The van der Waals surface area contributed by atoms with Crippen LogP contribution in [0.5, 0.6) is 0 Å². The molecule has 0 saturated heterocycles. The van der Waals surface area contributed by atoms with Gasteiger partial charge >= 0.3 is 0 Å². The molecule has 2 radical (unpaired) electrons. The first kappa shape index (κ1) is 5.43. The first-order valence-electron chi connectivity index (χ1n) is 1.87. The van der Waals surface area contributed by atoms with Crippen LogP contribution in [0.2, 0.25) is 0 Å². The van der Waals surface area contributed by atoms with E-state index in [1.165, 1.54) is 0 Å². The number of rotatable bonds is 1. The Bertz CT molecular complexity index is 199. The van der Waals surface area contributed by atoms with Crippen molar-refractivity contribution in [2.45, 2.75) is 0 Å². The maximum atomic E-state index is 9.87. The average molecular weight is 124 g/mol. The normalized spacial score (nSPS) is 9.00. The van der Waals surface area contributed by atoms with Crippen molar-refractivity contribution >= 4 is 30.4 Å². The number of hydrogen-bond acceptors (Lipinski definition) is 4. The van der Waals surface area contributed by atoms with Crippen molar-refractivity contribution < 1.29 is 4.79 Å². The second-order valence-corrected chi connectivity index (χ2v) is 2.14. The number of hydrogen-bond donors (Lipinski definition) is 0. The van der Waals surface area contributed by atoms with Gasteiger partial charge in [0.05, 0.1) is 4.91 Å². The fourth-order valence-corrected chi connectivity index (χ4v) is 0.720. The Kier molecular flexibility index (Phi) is 1.39. The number of aldehydes is 1. The monoisotopic (exact) mass is 124 g/mol. The standard InChI is InChI=1S/C3HBN2OS/c4-3-6-5-2(1-7)8-3/h1H. The van der Waals surface area contributed by atoms with E-state index < -0.39 is 0 Å². The zero-order chi connectivity index (χ0) is 5.98. The molecule has 1 aromatic heterocycles. The fraction of sp³-hybridized carbons (Fsp3) is 0. The molecule has 0 bridgehead atoms. The highest BCUT2D eigenvalue weighted by molar-refractivity contribution is 7.20. The molecule has 0 spiro atoms. The highest BCUT2D eigenvalue weighted by Gasteiger charge is 1.93. The summed E-state index contributed by atoms with van der Waals surface area (Å²) in [6.45, 7) is 0. The summed E-state index contributed by atoms with van der Waals surface area (Å²) in [5.74, 6) is 0. The number of carbonyl (C=O) groups excluding carboxylic acids is 1. The molecule has 1 aromatic rings. The summed E-state index contributed by atoms with van der Waals surface area (Å²) >= 11 is 1.08. The van der Waals surface area contributed by atoms with Crippen LogP contribution in [0, 0.1) is 0 Å². The summed E-state index contributed by atoms with van der Waals surface area (Å²) in [6, 6.07) is 0. The molecule has 1 rings (SSSR count). The largest absolute Gasteiger partial charge is 0.295 e. The predicted molar refractivity (Wildman–Crippen MR) is 30.7 cm³/mol. The Balaban J connectivity index is 3.00. The molecule has 5 heteroatoms. The zero-order valence-electron chi connectivity index (χ0n) is 3.87. The van der Waals surface area contributed by atoms with Crippen LogP contribution in [0.15, 0.2) is 0 Å². The fourth-order valence-electron chi connectivity index (χ4n) is 0.294. The molecule has 0 aliphatic carbocycles. The molecule has 0 atom stereocenters. The third-order valence-corrected chi connectivity index (χ3v) is 1.23. The van der Waals surface area contributed by atoms with Crippen molar-refractivity contribution in [3.05, 3.63) is 5.01 Å². The molecule has 8 heavy (non-hydrogen) atoms. The Morgan fingerprint density at radius 2 is 2.38 bits per heavy atom. The summed E-state index contributed by atoms with van der Waals surface area (Å²) in [5.41, 5.74) is 0. The summed E-state index contributed by atoms with van der Waals surface area (Å²) in [7, 11) is 5.14. The van der Waals surface area contributed by atoms with Crippen molar-refractivity contribution in [2.75, 3.05) is 0 Å². The van der Waals surface area contributed by atoms with Gasteiger partial charge in [-0.05, 0) is 0 Å².